The molecule has 0 fully saturated rings. The molecule has 3 aliphatic carbocycles. The highest BCUT2D eigenvalue weighted by atomic mass is 15.1. The zero-order chi connectivity index (χ0) is 42.1. The number of rotatable bonds is 7. The van der Waals surface area contributed by atoms with E-state index >= 15 is 0 Å². The van der Waals surface area contributed by atoms with Crippen LogP contribution in [0.4, 0.5) is 17.1 Å². The van der Waals surface area contributed by atoms with Gasteiger partial charge in [0.2, 0.25) is 0 Å². The highest BCUT2D eigenvalue weighted by molar-refractivity contribution is 5.97. The summed E-state index contributed by atoms with van der Waals surface area (Å²) in [6.45, 7) is 9.80. The van der Waals surface area contributed by atoms with Crippen LogP contribution in [0.3, 0.4) is 0 Å². The van der Waals surface area contributed by atoms with Crippen molar-refractivity contribution < 1.29 is 0 Å². The van der Waals surface area contributed by atoms with Crippen molar-refractivity contribution >= 4 is 17.1 Å². The van der Waals surface area contributed by atoms with Crippen LogP contribution in [0.15, 0.2) is 188 Å². The summed E-state index contributed by atoms with van der Waals surface area (Å²) in [5, 5.41) is 0. The molecule has 0 heterocycles. The van der Waals surface area contributed by atoms with Crippen molar-refractivity contribution in [3.63, 3.8) is 0 Å². The Hall–Kier alpha value is -6.44. The first-order valence-electron chi connectivity index (χ1n) is 22.9. The van der Waals surface area contributed by atoms with Gasteiger partial charge in [0.25, 0.3) is 0 Å². The normalized spacial score (nSPS) is 16.4. The van der Waals surface area contributed by atoms with Crippen molar-refractivity contribution in [1.29, 1.82) is 0 Å². The molecule has 0 saturated heterocycles. The molecule has 11 rings (SSSR count). The number of para-hydroxylation sites is 1. The van der Waals surface area contributed by atoms with Crippen LogP contribution in [0, 0.1) is 0 Å². The van der Waals surface area contributed by atoms with E-state index in [0.717, 1.165) is 18.5 Å². The Morgan fingerprint density at radius 1 is 0.387 bits per heavy atom. The van der Waals surface area contributed by atoms with Crippen LogP contribution < -0.4 is 4.90 Å². The predicted molar refractivity (Wildman–Crippen MR) is 261 cm³/mol. The summed E-state index contributed by atoms with van der Waals surface area (Å²) >= 11 is 0. The monoisotopic (exact) mass is 801 g/mol. The maximum Gasteiger partial charge on any atom is 0.0714 e. The second-order valence-electron chi connectivity index (χ2n) is 19.3. The largest absolute Gasteiger partial charge is 0.310 e. The van der Waals surface area contributed by atoms with Crippen molar-refractivity contribution in [2.24, 2.45) is 0 Å². The molecular formula is C61H55N. The standard InChI is InChI=1S/C61H55N/c1-59(2)37-38-60(3,4)58-54(59)29-18-30-56(58)62(49-25-12-7-13-26-49)57-41-55-52(40-51(57)44-34-31-43(32-35-44)46-36-33-42-19-14-15-20-45(42)39-46)50-27-16-17-28-53(50)61(55,47-21-8-5-9-22-47)48-23-10-6-11-24-48/h5-13,16-18,21-36,39-41H,14-15,19-20,37-38H2,1-4H3. The van der Waals surface area contributed by atoms with E-state index in [1.165, 1.54) is 115 Å². The third-order valence-electron chi connectivity index (χ3n) is 14.8. The summed E-state index contributed by atoms with van der Waals surface area (Å²) in [6.07, 6.45) is 7.26. The van der Waals surface area contributed by atoms with Crippen LogP contribution in [-0.2, 0) is 29.1 Å². The van der Waals surface area contributed by atoms with E-state index in [4.69, 9.17) is 0 Å². The SMILES string of the molecule is CC1(C)CCC(C)(C)c2c(N(c3ccccc3)c3cc4c(cc3-c3ccc(-c5ccc6c(c5)CCCC6)cc3)-c3ccccc3C4(c3ccccc3)c3ccccc3)cccc21. The van der Waals surface area contributed by atoms with E-state index in [0.29, 0.717) is 0 Å². The second kappa shape index (κ2) is 14.9. The molecule has 0 atom stereocenters. The lowest BCUT2D eigenvalue weighted by Crippen LogP contribution is -2.35. The molecule has 8 aromatic carbocycles. The van der Waals surface area contributed by atoms with Crippen LogP contribution in [0.2, 0.25) is 0 Å². The van der Waals surface area contributed by atoms with Gasteiger partial charge in [-0.1, -0.05) is 185 Å². The molecule has 304 valence electrons. The van der Waals surface area contributed by atoms with E-state index in [-0.39, 0.29) is 10.8 Å². The van der Waals surface area contributed by atoms with Gasteiger partial charge in [0.15, 0.2) is 0 Å². The van der Waals surface area contributed by atoms with Gasteiger partial charge in [-0.05, 0) is 152 Å². The van der Waals surface area contributed by atoms with Crippen molar-refractivity contribution in [3.8, 4) is 33.4 Å². The fourth-order valence-electron chi connectivity index (χ4n) is 11.5. The number of benzene rings is 8. The Morgan fingerprint density at radius 3 is 1.68 bits per heavy atom. The smallest absolute Gasteiger partial charge is 0.0714 e. The lowest BCUT2D eigenvalue weighted by atomic mass is 9.62. The molecule has 0 aliphatic heterocycles. The third-order valence-corrected chi connectivity index (χ3v) is 14.8. The molecule has 0 bridgehead atoms. The van der Waals surface area contributed by atoms with E-state index in [2.05, 4.69) is 221 Å². The Balaban J connectivity index is 1.22. The first kappa shape index (κ1) is 38.5. The minimum atomic E-state index is -0.530. The Bertz CT molecular complexity index is 2900. The predicted octanol–water partition coefficient (Wildman–Crippen LogP) is 16.1. The summed E-state index contributed by atoms with van der Waals surface area (Å²) in [5.74, 6) is 0. The minimum Gasteiger partial charge on any atom is -0.310 e. The number of aryl methyl sites for hydroxylation is 2. The van der Waals surface area contributed by atoms with Crippen molar-refractivity contribution in [1.82, 2.24) is 0 Å². The molecule has 1 heteroatoms. The van der Waals surface area contributed by atoms with E-state index in [1.807, 2.05) is 0 Å². The summed E-state index contributed by atoms with van der Waals surface area (Å²) in [6, 6.07) is 71.6. The zero-order valence-corrected chi connectivity index (χ0v) is 36.6. The van der Waals surface area contributed by atoms with Crippen LogP contribution in [-0.4, -0.2) is 0 Å². The molecule has 0 unspecified atom stereocenters. The molecule has 3 aliphatic rings. The van der Waals surface area contributed by atoms with Gasteiger partial charge in [-0.15, -0.1) is 0 Å². The fraction of sp³-hybridized carbons (Fsp3) is 0.213. The number of fused-ring (bicyclic) bond motifs is 5. The summed E-state index contributed by atoms with van der Waals surface area (Å²) in [7, 11) is 0. The number of hydrogen-bond donors (Lipinski definition) is 0. The molecule has 0 aromatic heterocycles. The van der Waals surface area contributed by atoms with Gasteiger partial charge in [-0.3, -0.25) is 0 Å². The molecule has 0 spiro atoms. The minimum absolute atomic E-state index is 0.0179. The Labute approximate surface area is 368 Å². The van der Waals surface area contributed by atoms with E-state index < -0.39 is 5.41 Å². The first-order chi connectivity index (χ1) is 30.2. The Kier molecular flexibility index (Phi) is 9.24. The maximum atomic E-state index is 2.61. The Morgan fingerprint density at radius 2 is 0.968 bits per heavy atom. The van der Waals surface area contributed by atoms with Gasteiger partial charge in [-0.25, -0.2) is 0 Å². The summed E-state index contributed by atoms with van der Waals surface area (Å²) < 4.78 is 0. The maximum absolute atomic E-state index is 2.61. The first-order valence-corrected chi connectivity index (χ1v) is 22.9. The number of nitrogens with zero attached hydrogens (tertiary/aromatic N) is 1. The molecule has 0 N–H and O–H groups in total. The van der Waals surface area contributed by atoms with Gasteiger partial charge >= 0.3 is 0 Å². The van der Waals surface area contributed by atoms with E-state index in [9.17, 15) is 0 Å². The highest BCUT2D eigenvalue weighted by Gasteiger charge is 2.47. The van der Waals surface area contributed by atoms with E-state index in [1.54, 1.807) is 0 Å². The van der Waals surface area contributed by atoms with Crippen LogP contribution in [0.25, 0.3) is 33.4 Å². The van der Waals surface area contributed by atoms with Gasteiger partial charge in [0.05, 0.1) is 16.8 Å². The molecule has 8 aromatic rings. The van der Waals surface area contributed by atoms with Crippen molar-refractivity contribution in [2.75, 3.05) is 4.90 Å². The molecular weight excluding hydrogens is 747 g/mol. The van der Waals surface area contributed by atoms with Crippen molar-refractivity contribution in [3.05, 3.63) is 233 Å². The van der Waals surface area contributed by atoms with Crippen LogP contribution >= 0.6 is 0 Å². The second-order valence-corrected chi connectivity index (χ2v) is 19.3. The lowest BCUT2D eigenvalue weighted by molar-refractivity contribution is 0.332. The quantitative estimate of drug-likeness (QED) is 0.155. The summed E-state index contributed by atoms with van der Waals surface area (Å²) in [4.78, 5) is 2.61. The molecule has 0 saturated carbocycles. The molecule has 62 heavy (non-hydrogen) atoms. The van der Waals surface area contributed by atoms with Crippen LogP contribution in [0.1, 0.15) is 97.9 Å². The molecule has 0 radical (unpaired) electrons. The highest BCUT2D eigenvalue weighted by Crippen LogP contribution is 2.60. The van der Waals surface area contributed by atoms with Gasteiger partial charge < -0.3 is 4.90 Å². The van der Waals surface area contributed by atoms with Gasteiger partial charge in [0.1, 0.15) is 0 Å². The fourth-order valence-corrected chi connectivity index (χ4v) is 11.5. The van der Waals surface area contributed by atoms with Gasteiger partial charge in [-0.2, -0.15) is 0 Å². The van der Waals surface area contributed by atoms with Crippen LogP contribution in [0.5, 0.6) is 0 Å². The van der Waals surface area contributed by atoms with Gasteiger partial charge in [0, 0.05) is 11.3 Å². The summed E-state index contributed by atoms with van der Waals surface area (Å²) in [5.41, 5.74) is 21.9. The molecule has 1 nitrogen and oxygen atoms in total. The third kappa shape index (κ3) is 6.11. The van der Waals surface area contributed by atoms with Crippen molar-refractivity contribution in [2.45, 2.75) is 82.5 Å². The average Bonchev–Trinajstić information content (AvgIpc) is 3.61. The number of anilines is 3. The lowest BCUT2D eigenvalue weighted by Gasteiger charge is -2.45. The average molecular weight is 802 g/mol. The zero-order valence-electron chi connectivity index (χ0n) is 36.6. The molecule has 0 amide bonds. The number of hydrogen-bond acceptors (Lipinski definition) is 1. The topological polar surface area (TPSA) is 3.24 Å².